The molecule has 0 bridgehead atoms. The van der Waals surface area contributed by atoms with Crippen molar-refractivity contribution in [1.82, 2.24) is 14.8 Å². The molecule has 0 N–H and O–H groups in total. The zero-order chi connectivity index (χ0) is 21.3. The van der Waals surface area contributed by atoms with Crippen molar-refractivity contribution in [2.45, 2.75) is 18.6 Å². The van der Waals surface area contributed by atoms with Gasteiger partial charge in [-0.25, -0.2) is 9.67 Å². The third kappa shape index (κ3) is 3.13. The average Bonchev–Trinajstić information content (AvgIpc) is 3.49. The maximum Gasteiger partial charge on any atom is 0.305 e. The number of Topliss-reactive ketones (excluding diaryl/α,β-unsaturated/α-hetero) is 1. The molecule has 2 unspecified atom stereocenters. The van der Waals surface area contributed by atoms with Crippen molar-refractivity contribution in [2.24, 2.45) is 5.16 Å². The monoisotopic (exact) mass is 408 g/mol. The highest BCUT2D eigenvalue weighted by molar-refractivity contribution is 6.13. The summed E-state index contributed by atoms with van der Waals surface area (Å²) in [6, 6.07) is 26.9. The van der Waals surface area contributed by atoms with Crippen LogP contribution in [0.4, 0.5) is 0 Å². The standard InChI is InChI=1S/C25H20N4O2/c1-18-12-14-19(15-13-18)22-23(20-8-4-2-5-9-20)28-31-25(22,29-17-26-16-27-29)24(30)21-10-6-3-7-11-21/h2-17,22H,1H3. The molecule has 0 saturated heterocycles. The Morgan fingerprint density at radius 3 is 2.26 bits per heavy atom. The molecule has 4 aromatic rings. The highest BCUT2D eigenvalue weighted by atomic mass is 16.7. The summed E-state index contributed by atoms with van der Waals surface area (Å²) < 4.78 is 1.48. The fourth-order valence-electron chi connectivity index (χ4n) is 4.01. The topological polar surface area (TPSA) is 69.4 Å². The summed E-state index contributed by atoms with van der Waals surface area (Å²) in [4.78, 5) is 24.2. The minimum atomic E-state index is -1.53. The molecule has 152 valence electrons. The summed E-state index contributed by atoms with van der Waals surface area (Å²) in [6.45, 7) is 2.03. The predicted molar refractivity (Wildman–Crippen MR) is 117 cm³/mol. The molecule has 3 aromatic carbocycles. The van der Waals surface area contributed by atoms with Crippen LogP contribution < -0.4 is 0 Å². The number of nitrogens with zero attached hydrogens (tertiary/aromatic N) is 4. The number of carbonyl (C=O) groups excluding carboxylic acids is 1. The van der Waals surface area contributed by atoms with Crippen molar-refractivity contribution in [2.75, 3.05) is 0 Å². The SMILES string of the molecule is Cc1ccc(C2C(c3ccccc3)=NOC2(C(=O)c2ccccc2)n2cncn2)cc1. The number of benzene rings is 3. The van der Waals surface area contributed by atoms with E-state index in [9.17, 15) is 4.79 Å². The summed E-state index contributed by atoms with van der Waals surface area (Å²) in [5.74, 6) is -0.760. The van der Waals surface area contributed by atoms with E-state index < -0.39 is 11.6 Å². The molecule has 0 saturated carbocycles. The van der Waals surface area contributed by atoms with Gasteiger partial charge in [-0.1, -0.05) is 95.6 Å². The number of aryl methyl sites for hydroxylation is 1. The molecule has 5 rings (SSSR count). The van der Waals surface area contributed by atoms with Gasteiger partial charge in [0, 0.05) is 11.1 Å². The zero-order valence-corrected chi connectivity index (χ0v) is 16.9. The zero-order valence-electron chi connectivity index (χ0n) is 16.9. The highest BCUT2D eigenvalue weighted by Crippen LogP contribution is 2.45. The highest BCUT2D eigenvalue weighted by Gasteiger charge is 2.58. The van der Waals surface area contributed by atoms with Gasteiger partial charge in [-0.2, -0.15) is 5.10 Å². The van der Waals surface area contributed by atoms with Crippen molar-refractivity contribution in [1.29, 1.82) is 0 Å². The smallest absolute Gasteiger partial charge is 0.305 e. The van der Waals surface area contributed by atoms with Gasteiger partial charge in [0.2, 0.25) is 5.78 Å². The first kappa shape index (κ1) is 18.9. The molecule has 6 heteroatoms. The number of ketones is 1. The number of hydrogen-bond acceptors (Lipinski definition) is 5. The van der Waals surface area contributed by atoms with E-state index in [1.807, 2.05) is 79.7 Å². The Kier molecular flexibility index (Phi) is 4.67. The molecule has 0 amide bonds. The van der Waals surface area contributed by atoms with Gasteiger partial charge in [0.15, 0.2) is 0 Å². The van der Waals surface area contributed by atoms with Crippen molar-refractivity contribution in [3.8, 4) is 0 Å². The van der Waals surface area contributed by atoms with Gasteiger partial charge < -0.3 is 4.84 Å². The normalized spacial score (nSPS) is 20.2. The van der Waals surface area contributed by atoms with Gasteiger partial charge in [-0.3, -0.25) is 4.79 Å². The van der Waals surface area contributed by atoms with Crippen LogP contribution in [-0.4, -0.2) is 26.3 Å². The molecule has 1 aliphatic rings. The molecule has 31 heavy (non-hydrogen) atoms. The first-order valence-electron chi connectivity index (χ1n) is 10.0. The van der Waals surface area contributed by atoms with E-state index in [1.165, 1.54) is 17.3 Å². The van der Waals surface area contributed by atoms with Crippen LogP contribution in [-0.2, 0) is 10.6 Å². The van der Waals surface area contributed by atoms with Crippen LogP contribution in [0, 0.1) is 6.92 Å². The Hall–Kier alpha value is -4.06. The van der Waals surface area contributed by atoms with E-state index >= 15 is 0 Å². The molecule has 1 aromatic heterocycles. The summed E-state index contributed by atoms with van der Waals surface area (Å²) in [6.07, 6.45) is 2.90. The van der Waals surface area contributed by atoms with E-state index in [4.69, 9.17) is 4.84 Å². The van der Waals surface area contributed by atoms with Crippen molar-refractivity contribution < 1.29 is 9.63 Å². The van der Waals surface area contributed by atoms with Crippen LogP contribution in [0.3, 0.4) is 0 Å². The minimum Gasteiger partial charge on any atom is -0.355 e. The fraction of sp³-hybridized carbons (Fsp3) is 0.120. The lowest BCUT2D eigenvalue weighted by Gasteiger charge is -2.32. The molecule has 1 aliphatic heterocycles. The number of carbonyl (C=O) groups is 1. The van der Waals surface area contributed by atoms with Crippen LogP contribution in [0.2, 0.25) is 0 Å². The molecule has 0 radical (unpaired) electrons. The molecule has 2 heterocycles. The Morgan fingerprint density at radius 1 is 0.935 bits per heavy atom. The molecular weight excluding hydrogens is 388 g/mol. The summed E-state index contributed by atoms with van der Waals surface area (Å²) in [7, 11) is 0. The summed E-state index contributed by atoms with van der Waals surface area (Å²) in [5.41, 5.74) is 2.57. The van der Waals surface area contributed by atoms with Gasteiger partial charge in [-0.05, 0) is 12.5 Å². The first-order chi connectivity index (χ1) is 15.2. The van der Waals surface area contributed by atoms with E-state index in [1.54, 1.807) is 12.1 Å². The molecule has 2 atom stereocenters. The Labute approximate surface area is 179 Å². The van der Waals surface area contributed by atoms with Crippen LogP contribution in [0.1, 0.15) is 33.0 Å². The molecule has 0 fully saturated rings. The Bertz CT molecular complexity index is 1220. The average molecular weight is 408 g/mol. The third-order valence-electron chi connectivity index (χ3n) is 5.55. The maximum absolute atomic E-state index is 14.0. The predicted octanol–water partition coefficient (Wildman–Crippen LogP) is 4.34. The Morgan fingerprint density at radius 2 is 1.61 bits per heavy atom. The third-order valence-corrected chi connectivity index (χ3v) is 5.55. The Balaban J connectivity index is 1.75. The second kappa shape index (κ2) is 7.65. The maximum atomic E-state index is 14.0. The number of rotatable bonds is 5. The number of hydrogen-bond donors (Lipinski definition) is 0. The van der Waals surface area contributed by atoms with Crippen LogP contribution in [0.25, 0.3) is 0 Å². The summed E-state index contributed by atoms with van der Waals surface area (Å²) in [5, 5.41) is 8.77. The lowest BCUT2D eigenvalue weighted by Crippen LogP contribution is -2.48. The molecular formula is C25H20N4O2. The molecule has 6 nitrogen and oxygen atoms in total. The van der Waals surface area contributed by atoms with E-state index in [0.29, 0.717) is 11.3 Å². The summed E-state index contributed by atoms with van der Waals surface area (Å²) >= 11 is 0. The molecule has 0 spiro atoms. The lowest BCUT2D eigenvalue weighted by atomic mass is 9.78. The van der Waals surface area contributed by atoms with Gasteiger partial charge in [-0.15, -0.1) is 0 Å². The first-order valence-corrected chi connectivity index (χ1v) is 10.0. The fourth-order valence-corrected chi connectivity index (χ4v) is 4.01. The second-order valence-corrected chi connectivity index (χ2v) is 7.51. The molecule has 0 aliphatic carbocycles. The quantitative estimate of drug-likeness (QED) is 0.461. The largest absolute Gasteiger partial charge is 0.355 e. The lowest BCUT2D eigenvalue weighted by molar-refractivity contribution is -0.0711. The van der Waals surface area contributed by atoms with Gasteiger partial charge in [0.1, 0.15) is 24.3 Å². The van der Waals surface area contributed by atoms with Gasteiger partial charge in [0.25, 0.3) is 0 Å². The van der Waals surface area contributed by atoms with E-state index in [0.717, 1.165) is 16.7 Å². The van der Waals surface area contributed by atoms with Crippen molar-refractivity contribution in [3.05, 3.63) is 120 Å². The van der Waals surface area contributed by atoms with Crippen LogP contribution >= 0.6 is 0 Å². The van der Waals surface area contributed by atoms with Gasteiger partial charge >= 0.3 is 5.72 Å². The van der Waals surface area contributed by atoms with Crippen LogP contribution in [0.15, 0.2) is 103 Å². The van der Waals surface area contributed by atoms with Crippen molar-refractivity contribution >= 4 is 11.5 Å². The van der Waals surface area contributed by atoms with Crippen LogP contribution in [0.5, 0.6) is 0 Å². The number of aromatic nitrogens is 3. The van der Waals surface area contributed by atoms with Gasteiger partial charge in [0.05, 0.1) is 0 Å². The minimum absolute atomic E-state index is 0.237. The van der Waals surface area contributed by atoms with E-state index in [-0.39, 0.29) is 5.78 Å². The number of oxime groups is 1. The van der Waals surface area contributed by atoms with Crippen molar-refractivity contribution in [3.63, 3.8) is 0 Å². The second-order valence-electron chi connectivity index (χ2n) is 7.51. The van der Waals surface area contributed by atoms with E-state index in [2.05, 4.69) is 15.2 Å².